The van der Waals surface area contributed by atoms with Gasteiger partial charge in [-0.15, -0.1) is 0 Å². The van der Waals surface area contributed by atoms with Crippen LogP contribution in [0.15, 0.2) is 34.9 Å². The summed E-state index contributed by atoms with van der Waals surface area (Å²) in [4.78, 5) is 2.07. The van der Waals surface area contributed by atoms with Gasteiger partial charge in [-0.25, -0.2) is 4.39 Å². The fourth-order valence-electron chi connectivity index (χ4n) is 1.69. The van der Waals surface area contributed by atoms with E-state index in [4.69, 9.17) is 9.26 Å². The monoisotopic (exact) mass is 264 g/mol. The molecule has 0 bridgehead atoms. The molecular formula is C14H17FN2O2. The molecule has 0 radical (unpaired) electrons. The van der Waals surface area contributed by atoms with Gasteiger partial charge in [0, 0.05) is 12.6 Å². The summed E-state index contributed by atoms with van der Waals surface area (Å²) >= 11 is 0. The topological polar surface area (TPSA) is 38.5 Å². The third kappa shape index (κ3) is 4.37. The quantitative estimate of drug-likeness (QED) is 0.804. The van der Waals surface area contributed by atoms with Gasteiger partial charge in [0.05, 0.1) is 12.2 Å². The number of halogens is 1. The Labute approximate surface area is 111 Å². The van der Waals surface area contributed by atoms with Gasteiger partial charge >= 0.3 is 0 Å². The maximum absolute atomic E-state index is 12.7. The van der Waals surface area contributed by atoms with Gasteiger partial charge < -0.3 is 9.26 Å². The Bertz CT molecular complexity index is 510. The third-order valence-electron chi connectivity index (χ3n) is 2.66. The molecule has 2 aromatic rings. The van der Waals surface area contributed by atoms with Crippen LogP contribution in [0.25, 0.3) is 0 Å². The highest BCUT2D eigenvalue weighted by Crippen LogP contribution is 2.11. The zero-order valence-corrected chi connectivity index (χ0v) is 11.1. The molecule has 0 N–H and O–H groups in total. The predicted molar refractivity (Wildman–Crippen MR) is 69.5 cm³/mol. The molecule has 0 saturated heterocycles. The van der Waals surface area contributed by atoms with Crippen molar-refractivity contribution >= 4 is 0 Å². The molecule has 0 amide bonds. The van der Waals surface area contributed by atoms with Gasteiger partial charge in [-0.3, -0.25) is 4.90 Å². The molecule has 19 heavy (non-hydrogen) atoms. The standard InChI is InChI=1S/C14H17FN2O2/c1-11-9-14(19-16-11)10-17(2)7-8-18-13-5-3-12(15)4-6-13/h3-6,9H,7-8,10H2,1-2H3. The Morgan fingerprint density at radius 2 is 2.05 bits per heavy atom. The Morgan fingerprint density at radius 1 is 1.32 bits per heavy atom. The van der Waals surface area contributed by atoms with E-state index in [0.29, 0.717) is 18.9 Å². The van der Waals surface area contributed by atoms with Crippen LogP contribution in [0.2, 0.25) is 0 Å². The van der Waals surface area contributed by atoms with Crippen LogP contribution in [0.1, 0.15) is 11.5 Å². The van der Waals surface area contributed by atoms with E-state index in [9.17, 15) is 4.39 Å². The first-order chi connectivity index (χ1) is 9.13. The van der Waals surface area contributed by atoms with Crippen molar-refractivity contribution in [3.05, 3.63) is 47.6 Å². The average molecular weight is 264 g/mol. The summed E-state index contributed by atoms with van der Waals surface area (Å²) in [6.45, 7) is 3.87. The number of aromatic nitrogens is 1. The second-order valence-electron chi connectivity index (χ2n) is 4.47. The maximum atomic E-state index is 12.7. The van der Waals surface area contributed by atoms with Gasteiger partial charge in [0.2, 0.25) is 0 Å². The molecule has 4 nitrogen and oxygen atoms in total. The van der Waals surface area contributed by atoms with E-state index in [1.54, 1.807) is 12.1 Å². The van der Waals surface area contributed by atoms with E-state index >= 15 is 0 Å². The van der Waals surface area contributed by atoms with E-state index in [2.05, 4.69) is 10.1 Å². The molecule has 1 heterocycles. The van der Waals surface area contributed by atoms with Gasteiger partial charge in [0.25, 0.3) is 0 Å². The molecule has 0 aliphatic rings. The molecule has 5 heteroatoms. The van der Waals surface area contributed by atoms with Gasteiger partial charge in [-0.2, -0.15) is 0 Å². The molecule has 0 spiro atoms. The number of hydrogen-bond donors (Lipinski definition) is 0. The zero-order valence-electron chi connectivity index (χ0n) is 11.1. The van der Waals surface area contributed by atoms with Gasteiger partial charge in [-0.1, -0.05) is 5.16 Å². The summed E-state index contributed by atoms with van der Waals surface area (Å²) in [6.07, 6.45) is 0. The van der Waals surface area contributed by atoms with Crippen molar-refractivity contribution in [1.29, 1.82) is 0 Å². The van der Waals surface area contributed by atoms with Crippen molar-refractivity contribution < 1.29 is 13.7 Å². The number of hydrogen-bond acceptors (Lipinski definition) is 4. The third-order valence-corrected chi connectivity index (χ3v) is 2.66. The summed E-state index contributed by atoms with van der Waals surface area (Å²) in [5.41, 5.74) is 0.881. The first-order valence-electron chi connectivity index (χ1n) is 6.12. The van der Waals surface area contributed by atoms with E-state index in [0.717, 1.165) is 18.0 Å². The number of likely N-dealkylation sites (N-methyl/N-ethyl adjacent to an activating group) is 1. The average Bonchev–Trinajstić information content (AvgIpc) is 2.77. The molecule has 0 saturated carbocycles. The molecular weight excluding hydrogens is 247 g/mol. The van der Waals surface area contributed by atoms with Crippen molar-refractivity contribution in [1.82, 2.24) is 10.1 Å². The van der Waals surface area contributed by atoms with E-state index in [1.807, 2.05) is 20.0 Å². The fraction of sp³-hybridized carbons (Fsp3) is 0.357. The van der Waals surface area contributed by atoms with Crippen LogP contribution < -0.4 is 4.74 Å². The minimum absolute atomic E-state index is 0.259. The Kier molecular flexibility index (Phi) is 4.52. The van der Waals surface area contributed by atoms with E-state index < -0.39 is 0 Å². The van der Waals surface area contributed by atoms with Gasteiger partial charge in [0.1, 0.15) is 18.2 Å². The van der Waals surface area contributed by atoms with Crippen molar-refractivity contribution in [2.24, 2.45) is 0 Å². The van der Waals surface area contributed by atoms with Crippen LogP contribution in [-0.2, 0) is 6.54 Å². The second-order valence-corrected chi connectivity index (χ2v) is 4.47. The van der Waals surface area contributed by atoms with Crippen LogP contribution in [-0.4, -0.2) is 30.3 Å². The lowest BCUT2D eigenvalue weighted by Crippen LogP contribution is -2.23. The van der Waals surface area contributed by atoms with Crippen molar-refractivity contribution in [3.8, 4) is 5.75 Å². The first-order valence-corrected chi connectivity index (χ1v) is 6.12. The summed E-state index contributed by atoms with van der Waals surface area (Å²) in [7, 11) is 1.98. The van der Waals surface area contributed by atoms with Crippen molar-refractivity contribution in [2.75, 3.05) is 20.2 Å². The number of ether oxygens (including phenoxy) is 1. The summed E-state index contributed by atoms with van der Waals surface area (Å²) < 4.78 is 23.4. The molecule has 0 unspecified atom stereocenters. The largest absolute Gasteiger partial charge is 0.492 e. The minimum Gasteiger partial charge on any atom is -0.492 e. The van der Waals surface area contributed by atoms with Crippen molar-refractivity contribution in [2.45, 2.75) is 13.5 Å². The summed E-state index contributed by atoms with van der Waals surface area (Å²) in [6, 6.07) is 7.92. The van der Waals surface area contributed by atoms with E-state index in [-0.39, 0.29) is 5.82 Å². The molecule has 2 rings (SSSR count). The molecule has 0 atom stereocenters. The van der Waals surface area contributed by atoms with Crippen LogP contribution in [0.5, 0.6) is 5.75 Å². The normalized spacial score (nSPS) is 10.9. The second kappa shape index (κ2) is 6.33. The highest BCUT2D eigenvalue weighted by atomic mass is 19.1. The highest BCUT2D eigenvalue weighted by Gasteiger charge is 2.05. The molecule has 0 aliphatic carbocycles. The molecule has 0 aliphatic heterocycles. The number of benzene rings is 1. The smallest absolute Gasteiger partial charge is 0.150 e. The fourth-order valence-corrected chi connectivity index (χ4v) is 1.69. The number of nitrogens with zero attached hydrogens (tertiary/aromatic N) is 2. The maximum Gasteiger partial charge on any atom is 0.150 e. The van der Waals surface area contributed by atoms with E-state index in [1.165, 1.54) is 12.1 Å². The molecule has 0 fully saturated rings. The Hall–Kier alpha value is -1.88. The minimum atomic E-state index is -0.259. The molecule has 1 aromatic carbocycles. The zero-order chi connectivity index (χ0) is 13.7. The Morgan fingerprint density at radius 3 is 2.68 bits per heavy atom. The molecule has 102 valence electrons. The lowest BCUT2D eigenvalue weighted by Gasteiger charge is -2.15. The summed E-state index contributed by atoms with van der Waals surface area (Å²) in [5.74, 6) is 1.25. The van der Waals surface area contributed by atoms with Gasteiger partial charge in [-0.05, 0) is 38.2 Å². The highest BCUT2D eigenvalue weighted by molar-refractivity contribution is 5.21. The van der Waals surface area contributed by atoms with Crippen LogP contribution >= 0.6 is 0 Å². The predicted octanol–water partition coefficient (Wildman–Crippen LogP) is 2.63. The van der Waals surface area contributed by atoms with Crippen LogP contribution in [0.3, 0.4) is 0 Å². The van der Waals surface area contributed by atoms with Crippen LogP contribution in [0, 0.1) is 12.7 Å². The summed E-state index contributed by atoms with van der Waals surface area (Å²) in [5, 5.41) is 3.84. The number of aryl methyl sites for hydroxylation is 1. The molecule has 1 aromatic heterocycles. The Balaban J connectivity index is 1.71. The SMILES string of the molecule is Cc1cc(CN(C)CCOc2ccc(F)cc2)on1. The van der Waals surface area contributed by atoms with Gasteiger partial charge in [0.15, 0.2) is 5.76 Å². The lowest BCUT2D eigenvalue weighted by atomic mass is 10.3. The van der Waals surface area contributed by atoms with Crippen LogP contribution in [0.4, 0.5) is 4.39 Å². The first kappa shape index (κ1) is 13.5. The number of rotatable bonds is 6. The lowest BCUT2D eigenvalue weighted by molar-refractivity contribution is 0.215. The van der Waals surface area contributed by atoms with Crippen molar-refractivity contribution in [3.63, 3.8) is 0 Å².